The zero-order valence-corrected chi connectivity index (χ0v) is 11.8. The molecule has 1 aromatic carbocycles. The molecular weight excluding hydrogens is 314 g/mol. The molecule has 6 nitrogen and oxygen atoms in total. The van der Waals surface area contributed by atoms with Crippen LogP contribution in [0.25, 0.3) is 0 Å². The van der Waals surface area contributed by atoms with E-state index >= 15 is 0 Å². The van der Waals surface area contributed by atoms with Crippen LogP contribution in [0.1, 0.15) is 10.4 Å². The number of nitrogens with one attached hydrogen (secondary N) is 2. The number of nitrogens with zero attached hydrogens (tertiary/aromatic N) is 2. The van der Waals surface area contributed by atoms with E-state index in [0.717, 1.165) is 0 Å². The van der Waals surface area contributed by atoms with Gasteiger partial charge in [-0.15, -0.1) is 5.12 Å². The molecule has 0 amide bonds. The van der Waals surface area contributed by atoms with Crippen LogP contribution in [0.3, 0.4) is 0 Å². The number of hydrogen-bond acceptors (Lipinski definition) is 6. The molecule has 0 saturated heterocycles. The maximum absolute atomic E-state index is 11.2. The highest BCUT2D eigenvalue weighted by Crippen LogP contribution is 2.36. The van der Waals surface area contributed by atoms with Crippen molar-refractivity contribution in [3.8, 4) is 5.75 Å². The van der Waals surface area contributed by atoms with E-state index in [-0.39, 0.29) is 22.9 Å². The lowest BCUT2D eigenvalue weighted by molar-refractivity contribution is 0.108. The van der Waals surface area contributed by atoms with Gasteiger partial charge in [0.05, 0.1) is 22.2 Å². The van der Waals surface area contributed by atoms with Crippen molar-refractivity contribution in [3.63, 3.8) is 0 Å². The minimum Gasteiger partial charge on any atom is -0.489 e. The molecule has 2 rings (SSSR count). The van der Waals surface area contributed by atoms with Gasteiger partial charge in [-0.3, -0.25) is 10.2 Å². The van der Waals surface area contributed by atoms with E-state index in [9.17, 15) is 4.79 Å². The smallest absolute Gasteiger partial charge is 0.254 e. The Morgan fingerprint density at radius 2 is 2.21 bits per heavy atom. The van der Waals surface area contributed by atoms with Gasteiger partial charge in [-0.25, -0.2) is 5.53 Å². The van der Waals surface area contributed by atoms with E-state index in [1.54, 1.807) is 5.12 Å². The number of hydrazone groups is 1. The molecule has 0 aromatic heterocycles. The molecule has 0 bridgehead atoms. The summed E-state index contributed by atoms with van der Waals surface area (Å²) in [4.78, 5) is 11.2. The van der Waals surface area contributed by atoms with Crippen molar-refractivity contribution in [2.24, 2.45) is 5.10 Å². The quantitative estimate of drug-likeness (QED) is 0.812. The lowest BCUT2D eigenvalue weighted by Crippen LogP contribution is -2.41. The second kappa shape index (κ2) is 6.29. The first-order valence-electron chi connectivity index (χ1n) is 5.21. The maximum atomic E-state index is 11.2. The van der Waals surface area contributed by atoms with Crippen molar-refractivity contribution in [3.05, 3.63) is 27.7 Å². The second-order valence-electron chi connectivity index (χ2n) is 3.50. The number of carbonyl (C=O) groups is 1. The number of benzene rings is 1. The van der Waals surface area contributed by atoms with Gasteiger partial charge in [0.15, 0.2) is 5.75 Å². The Bertz CT molecular complexity index is 516. The van der Waals surface area contributed by atoms with Gasteiger partial charge in [0.1, 0.15) is 12.9 Å². The molecule has 0 atom stereocenters. The molecule has 1 aliphatic rings. The molecule has 0 fully saturated rings. The van der Waals surface area contributed by atoms with Crippen molar-refractivity contribution in [2.45, 2.75) is 0 Å². The number of rotatable bonds is 5. The highest BCUT2D eigenvalue weighted by atomic mass is 35.5. The van der Waals surface area contributed by atoms with Gasteiger partial charge in [-0.2, -0.15) is 5.10 Å². The summed E-state index contributed by atoms with van der Waals surface area (Å²) in [6.07, 6.45) is 1.49. The zero-order chi connectivity index (χ0) is 13.8. The Balaban J connectivity index is 2.02. The number of hydrazine groups is 2. The van der Waals surface area contributed by atoms with Crippen LogP contribution in [0, 0.1) is 0 Å². The van der Waals surface area contributed by atoms with Crippen molar-refractivity contribution in [1.29, 1.82) is 0 Å². The predicted molar refractivity (Wildman–Crippen MR) is 73.6 cm³/mol. The van der Waals surface area contributed by atoms with E-state index in [2.05, 4.69) is 16.1 Å². The molecule has 0 radical (unpaired) electrons. The molecule has 2 N–H and O–H groups in total. The third kappa shape index (κ3) is 3.42. The summed E-state index contributed by atoms with van der Waals surface area (Å²) in [5, 5.41) is 5.08. The number of ether oxygens (including phenoxy) is 1. The molecule has 19 heavy (non-hydrogen) atoms. The number of carbonyl (C=O) groups excluding carboxylic acids is 1. The molecule has 0 aliphatic carbocycles. The van der Waals surface area contributed by atoms with Crippen LogP contribution in [0.4, 0.5) is 0 Å². The van der Waals surface area contributed by atoms with Gasteiger partial charge in [-0.05, 0) is 23.7 Å². The van der Waals surface area contributed by atoms with E-state index in [0.29, 0.717) is 11.6 Å². The van der Waals surface area contributed by atoms with Gasteiger partial charge in [-0.1, -0.05) is 23.2 Å². The summed E-state index contributed by atoms with van der Waals surface area (Å²) >= 11 is 17.4. The van der Waals surface area contributed by atoms with E-state index in [1.807, 2.05) is 0 Å². The van der Waals surface area contributed by atoms with Crippen molar-refractivity contribution in [1.82, 2.24) is 16.1 Å². The maximum Gasteiger partial charge on any atom is 0.254 e. The predicted octanol–water partition coefficient (Wildman–Crippen LogP) is 2.02. The molecule has 0 unspecified atom stereocenters. The molecule has 1 aliphatic heterocycles. The third-order valence-electron chi connectivity index (χ3n) is 2.28. The lowest BCUT2D eigenvalue weighted by atomic mass is 10.2. The fourth-order valence-electron chi connectivity index (χ4n) is 1.40. The molecule has 1 heterocycles. The summed E-state index contributed by atoms with van der Waals surface area (Å²) in [6.45, 7) is 0.758. The SMILES string of the molecule is O=C(Cl)c1ccc(Cl)c(OCCN2NC=NN2)c1Cl. The molecule has 0 saturated carbocycles. The summed E-state index contributed by atoms with van der Waals surface area (Å²) in [7, 11) is 0. The number of hydrogen-bond donors (Lipinski definition) is 2. The highest BCUT2D eigenvalue weighted by Gasteiger charge is 2.16. The van der Waals surface area contributed by atoms with Gasteiger partial charge in [0.2, 0.25) is 0 Å². The Hall–Kier alpha value is -1.21. The zero-order valence-electron chi connectivity index (χ0n) is 9.49. The van der Waals surface area contributed by atoms with E-state index in [1.165, 1.54) is 18.5 Å². The van der Waals surface area contributed by atoms with Gasteiger partial charge in [0.25, 0.3) is 5.24 Å². The topological polar surface area (TPSA) is 66.0 Å². The van der Waals surface area contributed by atoms with Crippen LogP contribution in [0.5, 0.6) is 5.75 Å². The first kappa shape index (κ1) is 14.2. The van der Waals surface area contributed by atoms with Crippen LogP contribution >= 0.6 is 34.8 Å². The minimum atomic E-state index is -0.664. The highest BCUT2D eigenvalue weighted by molar-refractivity contribution is 6.69. The Morgan fingerprint density at radius 1 is 1.42 bits per heavy atom. The second-order valence-corrected chi connectivity index (χ2v) is 4.63. The van der Waals surface area contributed by atoms with E-state index in [4.69, 9.17) is 39.5 Å². The van der Waals surface area contributed by atoms with Crippen LogP contribution < -0.4 is 15.7 Å². The molecule has 0 spiro atoms. The average molecular weight is 324 g/mol. The van der Waals surface area contributed by atoms with Crippen LogP contribution in [-0.4, -0.2) is 29.9 Å². The van der Waals surface area contributed by atoms with Crippen LogP contribution in [0.2, 0.25) is 10.0 Å². The minimum absolute atomic E-state index is 0.103. The molecule has 1 aromatic rings. The Morgan fingerprint density at radius 3 is 2.84 bits per heavy atom. The van der Waals surface area contributed by atoms with Crippen molar-refractivity contribution in [2.75, 3.05) is 13.2 Å². The standard InChI is InChI=1S/C10H9Cl3N4O2/c11-7-2-1-6(10(13)18)8(12)9(7)19-4-3-17-15-5-14-16-17/h1-2,5,16H,3-4H2,(H,14,15). The first-order chi connectivity index (χ1) is 9.09. The summed E-state index contributed by atoms with van der Waals surface area (Å²) in [6, 6.07) is 2.96. The van der Waals surface area contributed by atoms with Gasteiger partial charge in [0, 0.05) is 0 Å². The van der Waals surface area contributed by atoms with Crippen LogP contribution in [-0.2, 0) is 0 Å². The normalized spacial score (nSPS) is 14.1. The van der Waals surface area contributed by atoms with Crippen LogP contribution in [0.15, 0.2) is 17.2 Å². The summed E-state index contributed by atoms with van der Waals surface area (Å²) in [5.41, 5.74) is 5.64. The summed E-state index contributed by atoms with van der Waals surface area (Å²) < 4.78 is 5.47. The first-order valence-corrected chi connectivity index (χ1v) is 6.34. The van der Waals surface area contributed by atoms with Gasteiger partial charge >= 0.3 is 0 Å². The molecule has 102 valence electrons. The molecule has 9 heteroatoms. The molecular formula is C10H9Cl3N4O2. The fourth-order valence-corrected chi connectivity index (χ4v) is 2.17. The van der Waals surface area contributed by atoms with E-state index < -0.39 is 5.24 Å². The summed E-state index contributed by atoms with van der Waals surface area (Å²) in [5.74, 6) is 0.231. The Kier molecular flexibility index (Phi) is 4.71. The lowest BCUT2D eigenvalue weighted by Gasteiger charge is -2.16. The fraction of sp³-hybridized carbons (Fsp3) is 0.200. The Labute approximate surface area is 124 Å². The third-order valence-corrected chi connectivity index (χ3v) is 3.16. The average Bonchev–Trinajstić information content (AvgIpc) is 2.86. The van der Waals surface area contributed by atoms with Gasteiger partial charge < -0.3 is 4.74 Å². The van der Waals surface area contributed by atoms with Crippen molar-refractivity contribution < 1.29 is 9.53 Å². The van der Waals surface area contributed by atoms with Crippen molar-refractivity contribution >= 4 is 46.4 Å². The monoisotopic (exact) mass is 322 g/mol. The number of halogens is 3. The largest absolute Gasteiger partial charge is 0.489 e.